The lowest BCUT2D eigenvalue weighted by Crippen LogP contribution is -2.30. The largest absolute Gasteiger partial charge is 0.462 e. The normalized spacial score (nSPS) is 11.7. The molecule has 0 aliphatic heterocycles. The third-order valence-corrected chi connectivity index (χ3v) is 1.72. The fraction of sp³-hybridized carbons (Fsp3) is 0.750. The van der Waals surface area contributed by atoms with E-state index in [0.717, 1.165) is 0 Å². The molecular formula is C8H16N4O. The maximum atomic E-state index is 5.55. The first kappa shape index (κ1) is 9.98. The molecular weight excluding hydrogens is 168 g/mol. The second-order valence-electron chi connectivity index (χ2n) is 3.86. The summed E-state index contributed by atoms with van der Waals surface area (Å²) in [5.41, 5.74) is 5.52. The second-order valence-corrected chi connectivity index (χ2v) is 3.86. The minimum Gasteiger partial charge on any atom is -0.462 e. The van der Waals surface area contributed by atoms with Gasteiger partial charge in [0.05, 0.1) is 6.61 Å². The van der Waals surface area contributed by atoms with E-state index in [4.69, 9.17) is 10.5 Å². The summed E-state index contributed by atoms with van der Waals surface area (Å²) in [6.07, 6.45) is 1.60. The Hall–Kier alpha value is -1.10. The van der Waals surface area contributed by atoms with Gasteiger partial charge >= 0.3 is 6.01 Å². The Balaban J connectivity index is 2.43. The number of hydrogen-bond acceptors (Lipinski definition) is 4. The van der Waals surface area contributed by atoms with Crippen LogP contribution < -0.4 is 10.5 Å². The second kappa shape index (κ2) is 3.74. The van der Waals surface area contributed by atoms with Crippen molar-refractivity contribution in [2.24, 2.45) is 18.2 Å². The average Bonchev–Trinajstić information content (AvgIpc) is 2.48. The van der Waals surface area contributed by atoms with Gasteiger partial charge < -0.3 is 10.5 Å². The molecule has 5 nitrogen and oxygen atoms in total. The third-order valence-electron chi connectivity index (χ3n) is 1.72. The fourth-order valence-electron chi connectivity index (χ4n) is 0.705. The van der Waals surface area contributed by atoms with Crippen molar-refractivity contribution < 1.29 is 4.74 Å². The quantitative estimate of drug-likeness (QED) is 0.724. The molecule has 5 heteroatoms. The Labute approximate surface area is 77.9 Å². The van der Waals surface area contributed by atoms with E-state index in [1.54, 1.807) is 18.1 Å². The van der Waals surface area contributed by atoms with Crippen LogP contribution in [-0.2, 0) is 7.05 Å². The van der Waals surface area contributed by atoms with E-state index in [2.05, 4.69) is 10.1 Å². The molecule has 0 aromatic carbocycles. The van der Waals surface area contributed by atoms with Crippen molar-refractivity contribution in [2.45, 2.75) is 13.8 Å². The number of nitrogens with two attached hydrogens (primary N) is 1. The Morgan fingerprint density at radius 2 is 2.31 bits per heavy atom. The summed E-state index contributed by atoms with van der Waals surface area (Å²) in [5.74, 6) is 0. The first-order valence-corrected chi connectivity index (χ1v) is 4.22. The standard InChI is InChI=1S/C8H16N4O/c1-8(2,4-9)5-13-7-10-6-12(3)11-7/h6H,4-5,9H2,1-3H3. The predicted molar refractivity (Wildman–Crippen MR) is 49.3 cm³/mol. The smallest absolute Gasteiger partial charge is 0.335 e. The Bertz CT molecular complexity index is 269. The highest BCUT2D eigenvalue weighted by molar-refractivity contribution is 4.88. The number of aromatic nitrogens is 3. The van der Waals surface area contributed by atoms with Gasteiger partial charge in [-0.25, -0.2) is 0 Å². The van der Waals surface area contributed by atoms with E-state index in [1.165, 1.54) is 0 Å². The number of hydrogen-bond donors (Lipinski definition) is 1. The zero-order valence-corrected chi connectivity index (χ0v) is 8.32. The fourth-order valence-corrected chi connectivity index (χ4v) is 0.705. The average molecular weight is 184 g/mol. The molecule has 0 aliphatic carbocycles. The predicted octanol–water partition coefficient (Wildman–Crippen LogP) is 0.179. The van der Waals surface area contributed by atoms with Crippen molar-refractivity contribution in [3.8, 4) is 6.01 Å². The van der Waals surface area contributed by atoms with Crippen LogP contribution in [0.3, 0.4) is 0 Å². The summed E-state index contributed by atoms with van der Waals surface area (Å²) >= 11 is 0. The van der Waals surface area contributed by atoms with Crippen molar-refractivity contribution in [1.29, 1.82) is 0 Å². The molecule has 0 radical (unpaired) electrons. The first-order valence-electron chi connectivity index (χ1n) is 4.22. The van der Waals surface area contributed by atoms with E-state index >= 15 is 0 Å². The van der Waals surface area contributed by atoms with Crippen LogP contribution in [0.15, 0.2) is 6.33 Å². The number of rotatable bonds is 4. The summed E-state index contributed by atoms with van der Waals surface area (Å²) in [7, 11) is 1.80. The lowest BCUT2D eigenvalue weighted by molar-refractivity contribution is 0.174. The van der Waals surface area contributed by atoms with Crippen molar-refractivity contribution in [3.05, 3.63) is 6.33 Å². The lowest BCUT2D eigenvalue weighted by Gasteiger charge is -2.20. The molecule has 1 rings (SSSR count). The molecule has 1 aromatic heterocycles. The molecule has 13 heavy (non-hydrogen) atoms. The van der Waals surface area contributed by atoms with E-state index < -0.39 is 0 Å². The Morgan fingerprint density at radius 3 is 2.77 bits per heavy atom. The van der Waals surface area contributed by atoms with Gasteiger partial charge in [-0.05, 0) is 0 Å². The van der Waals surface area contributed by atoms with Gasteiger partial charge in [0.2, 0.25) is 0 Å². The van der Waals surface area contributed by atoms with Gasteiger partial charge in [-0.2, -0.15) is 4.98 Å². The zero-order chi connectivity index (χ0) is 9.90. The molecule has 0 amide bonds. The van der Waals surface area contributed by atoms with Crippen molar-refractivity contribution in [3.63, 3.8) is 0 Å². The summed E-state index contributed by atoms with van der Waals surface area (Å²) < 4.78 is 6.96. The molecule has 0 saturated carbocycles. The lowest BCUT2D eigenvalue weighted by atomic mass is 9.95. The summed E-state index contributed by atoms with van der Waals surface area (Å²) in [6.45, 7) is 5.19. The van der Waals surface area contributed by atoms with Crippen molar-refractivity contribution in [1.82, 2.24) is 14.8 Å². The third kappa shape index (κ3) is 3.02. The minimum absolute atomic E-state index is 0.0286. The molecule has 0 unspecified atom stereocenters. The molecule has 1 heterocycles. The zero-order valence-electron chi connectivity index (χ0n) is 8.32. The SMILES string of the molecule is Cn1cnc(OCC(C)(C)CN)n1. The Kier molecular flexibility index (Phi) is 2.87. The summed E-state index contributed by atoms with van der Waals surface area (Å²) in [6, 6.07) is 0.407. The highest BCUT2D eigenvalue weighted by Crippen LogP contribution is 2.13. The maximum Gasteiger partial charge on any atom is 0.335 e. The van der Waals surface area contributed by atoms with Crippen molar-refractivity contribution in [2.75, 3.05) is 13.2 Å². The first-order chi connectivity index (χ1) is 6.03. The van der Waals surface area contributed by atoms with Gasteiger partial charge in [-0.1, -0.05) is 13.8 Å². The number of aryl methyl sites for hydroxylation is 1. The molecule has 0 bridgehead atoms. The van der Waals surface area contributed by atoms with Crippen LogP contribution in [0.2, 0.25) is 0 Å². The summed E-state index contributed by atoms with van der Waals surface area (Å²) in [4.78, 5) is 3.94. The summed E-state index contributed by atoms with van der Waals surface area (Å²) in [5, 5.41) is 3.99. The van der Waals surface area contributed by atoms with Crippen LogP contribution in [0.5, 0.6) is 6.01 Å². The van der Waals surface area contributed by atoms with E-state index in [1.807, 2.05) is 13.8 Å². The minimum atomic E-state index is -0.0286. The van der Waals surface area contributed by atoms with Crippen LogP contribution in [0, 0.1) is 5.41 Å². The van der Waals surface area contributed by atoms with Crippen LogP contribution in [0.4, 0.5) is 0 Å². The van der Waals surface area contributed by atoms with E-state index in [9.17, 15) is 0 Å². The molecule has 74 valence electrons. The molecule has 0 aliphatic rings. The molecule has 0 saturated heterocycles. The number of ether oxygens (including phenoxy) is 1. The van der Waals surface area contributed by atoms with E-state index in [0.29, 0.717) is 19.2 Å². The van der Waals surface area contributed by atoms with Gasteiger partial charge in [0.25, 0.3) is 0 Å². The highest BCUT2D eigenvalue weighted by atomic mass is 16.5. The monoisotopic (exact) mass is 184 g/mol. The highest BCUT2D eigenvalue weighted by Gasteiger charge is 2.17. The molecule has 2 N–H and O–H groups in total. The van der Waals surface area contributed by atoms with Crippen LogP contribution in [0.1, 0.15) is 13.8 Å². The maximum absolute atomic E-state index is 5.55. The molecule has 0 atom stereocenters. The number of nitrogens with zero attached hydrogens (tertiary/aromatic N) is 3. The molecule has 0 fully saturated rings. The van der Waals surface area contributed by atoms with Crippen LogP contribution in [-0.4, -0.2) is 27.9 Å². The van der Waals surface area contributed by atoms with Gasteiger partial charge in [-0.3, -0.25) is 4.68 Å². The van der Waals surface area contributed by atoms with Gasteiger partial charge in [0.1, 0.15) is 6.33 Å². The van der Waals surface area contributed by atoms with E-state index in [-0.39, 0.29) is 5.41 Å². The van der Waals surface area contributed by atoms with Crippen LogP contribution >= 0.6 is 0 Å². The van der Waals surface area contributed by atoms with Gasteiger partial charge in [0, 0.05) is 19.0 Å². The molecule has 1 aromatic rings. The topological polar surface area (TPSA) is 66.0 Å². The van der Waals surface area contributed by atoms with Crippen LogP contribution in [0.25, 0.3) is 0 Å². The molecule has 0 spiro atoms. The van der Waals surface area contributed by atoms with Gasteiger partial charge in [-0.15, -0.1) is 5.10 Å². The van der Waals surface area contributed by atoms with Crippen molar-refractivity contribution >= 4 is 0 Å². The Morgan fingerprint density at radius 1 is 1.62 bits per heavy atom. The van der Waals surface area contributed by atoms with Gasteiger partial charge in [0.15, 0.2) is 0 Å².